The summed E-state index contributed by atoms with van der Waals surface area (Å²) >= 11 is 12.3. The number of nitrogens with zero attached hydrogens (tertiary/aromatic N) is 1. The Labute approximate surface area is 179 Å². The topological polar surface area (TPSA) is 67.9 Å². The van der Waals surface area contributed by atoms with Crippen molar-refractivity contribution in [1.82, 2.24) is 10.2 Å². The number of likely N-dealkylation sites (tertiary alicyclic amines) is 1. The van der Waals surface area contributed by atoms with Crippen LogP contribution >= 0.6 is 23.2 Å². The molecule has 6 nitrogen and oxygen atoms in total. The number of nitrogens with one attached hydrogen (secondary N) is 1. The van der Waals surface area contributed by atoms with E-state index in [9.17, 15) is 9.59 Å². The molecule has 3 aliphatic rings. The summed E-state index contributed by atoms with van der Waals surface area (Å²) in [6, 6.07) is 5.00. The summed E-state index contributed by atoms with van der Waals surface area (Å²) in [6.07, 6.45) is 7.95. The second-order valence-electron chi connectivity index (χ2n) is 7.33. The molecule has 154 valence electrons. The molecule has 2 aliphatic heterocycles. The summed E-state index contributed by atoms with van der Waals surface area (Å²) in [5.41, 5.74) is 0.329. The smallest absolute Gasteiger partial charge is 0.256 e. The van der Waals surface area contributed by atoms with Crippen LogP contribution in [0, 0.1) is 0 Å². The number of hydrogen-bond donors (Lipinski definition) is 1. The number of halogens is 2. The van der Waals surface area contributed by atoms with Gasteiger partial charge in [0.1, 0.15) is 12.2 Å². The maximum Gasteiger partial charge on any atom is 0.256 e. The van der Waals surface area contributed by atoms with Crippen molar-refractivity contribution < 1.29 is 19.1 Å². The highest BCUT2D eigenvalue weighted by Crippen LogP contribution is 2.27. The van der Waals surface area contributed by atoms with Crippen LogP contribution in [0.5, 0.6) is 0 Å². The Hall–Kier alpha value is -1.86. The van der Waals surface area contributed by atoms with E-state index in [1.807, 2.05) is 24.3 Å². The second kappa shape index (κ2) is 8.88. The van der Waals surface area contributed by atoms with Gasteiger partial charge in [-0.3, -0.25) is 9.59 Å². The largest absolute Gasteiger partial charge is 0.368 e. The van der Waals surface area contributed by atoms with Gasteiger partial charge in [0.25, 0.3) is 11.8 Å². The summed E-state index contributed by atoms with van der Waals surface area (Å²) in [5, 5.41) is 3.72. The molecule has 3 atom stereocenters. The molecule has 0 radical (unpaired) electrons. The molecule has 0 bridgehead atoms. The van der Waals surface area contributed by atoms with Crippen molar-refractivity contribution >= 4 is 35.0 Å². The molecule has 0 spiro atoms. The SMILES string of the molecule is O=C(NC1CCN(C(=O)c2c(Cl)cccc2Cl)CC1)[C@@H]1CO[C@H]2C=CC=C[C@@H]2O1. The maximum absolute atomic E-state index is 12.8. The lowest BCUT2D eigenvalue weighted by Gasteiger charge is -2.36. The van der Waals surface area contributed by atoms with Gasteiger partial charge in [-0.2, -0.15) is 0 Å². The van der Waals surface area contributed by atoms with E-state index in [0.717, 1.165) is 0 Å². The monoisotopic (exact) mass is 436 g/mol. The number of hydrogen-bond acceptors (Lipinski definition) is 4. The minimum atomic E-state index is -0.631. The number of allylic oxidation sites excluding steroid dienone is 2. The molecular formula is C21H22Cl2N2O4. The zero-order chi connectivity index (χ0) is 20.4. The summed E-state index contributed by atoms with van der Waals surface area (Å²) in [5.74, 6) is -0.358. The zero-order valence-corrected chi connectivity index (χ0v) is 17.2. The van der Waals surface area contributed by atoms with Gasteiger partial charge in [0.05, 0.1) is 22.2 Å². The van der Waals surface area contributed by atoms with Gasteiger partial charge in [-0.15, -0.1) is 0 Å². The standard InChI is InChI=1S/C21H22Cl2N2O4/c22-14-4-3-5-15(23)19(14)21(27)25-10-8-13(9-11-25)24-20(26)18-12-28-16-6-1-2-7-17(16)29-18/h1-7,13,16-18H,8-12H2,(H,24,26)/t16-,17-,18-/m0/s1. The van der Waals surface area contributed by atoms with Gasteiger partial charge >= 0.3 is 0 Å². The maximum atomic E-state index is 12.8. The fourth-order valence-corrected chi connectivity index (χ4v) is 4.34. The van der Waals surface area contributed by atoms with Gasteiger partial charge in [-0.25, -0.2) is 0 Å². The highest BCUT2D eigenvalue weighted by atomic mass is 35.5. The van der Waals surface area contributed by atoms with E-state index < -0.39 is 6.10 Å². The second-order valence-corrected chi connectivity index (χ2v) is 8.14. The first-order valence-electron chi connectivity index (χ1n) is 9.68. The first-order valence-corrected chi connectivity index (χ1v) is 10.4. The average Bonchev–Trinajstić information content (AvgIpc) is 2.73. The number of piperidine rings is 1. The van der Waals surface area contributed by atoms with Crippen LogP contribution in [0.1, 0.15) is 23.2 Å². The number of fused-ring (bicyclic) bond motifs is 1. The molecule has 29 heavy (non-hydrogen) atoms. The molecule has 1 aromatic rings. The van der Waals surface area contributed by atoms with Gasteiger partial charge in [0, 0.05) is 19.1 Å². The third-order valence-electron chi connectivity index (χ3n) is 5.40. The number of rotatable bonds is 3. The van der Waals surface area contributed by atoms with E-state index in [-0.39, 0.29) is 36.7 Å². The Morgan fingerprint density at radius 1 is 1.03 bits per heavy atom. The Morgan fingerprint density at radius 3 is 2.38 bits per heavy atom. The zero-order valence-electron chi connectivity index (χ0n) is 15.7. The van der Waals surface area contributed by atoms with Crippen molar-refractivity contribution in [3.05, 3.63) is 58.1 Å². The van der Waals surface area contributed by atoms with Gasteiger partial charge in [-0.05, 0) is 25.0 Å². The molecule has 2 amide bonds. The molecule has 2 heterocycles. The van der Waals surface area contributed by atoms with E-state index in [1.54, 1.807) is 23.1 Å². The van der Waals surface area contributed by atoms with Gasteiger partial charge in [-0.1, -0.05) is 53.6 Å². The third kappa shape index (κ3) is 4.51. The lowest BCUT2D eigenvalue weighted by atomic mass is 10.0. The van der Waals surface area contributed by atoms with Crippen LogP contribution in [-0.4, -0.2) is 60.8 Å². The Kier molecular flexibility index (Phi) is 6.25. The molecule has 8 heteroatoms. The van der Waals surface area contributed by atoms with Crippen LogP contribution in [0.4, 0.5) is 0 Å². The van der Waals surface area contributed by atoms with Gasteiger partial charge in [0.2, 0.25) is 0 Å². The van der Waals surface area contributed by atoms with E-state index in [2.05, 4.69) is 5.32 Å². The summed E-state index contributed by atoms with van der Waals surface area (Å²) < 4.78 is 11.6. The lowest BCUT2D eigenvalue weighted by Crippen LogP contribution is -2.53. The van der Waals surface area contributed by atoms with Crippen LogP contribution in [-0.2, 0) is 14.3 Å². The van der Waals surface area contributed by atoms with Crippen LogP contribution in [0.15, 0.2) is 42.5 Å². The van der Waals surface area contributed by atoms with Gasteiger partial charge < -0.3 is 19.7 Å². The molecular weight excluding hydrogens is 415 g/mol. The van der Waals surface area contributed by atoms with Crippen LogP contribution in [0.2, 0.25) is 10.0 Å². The minimum Gasteiger partial charge on any atom is -0.368 e. The molecule has 2 fully saturated rings. The van der Waals surface area contributed by atoms with Crippen molar-refractivity contribution in [3.8, 4) is 0 Å². The molecule has 1 aromatic carbocycles. The van der Waals surface area contributed by atoms with Crippen molar-refractivity contribution in [2.45, 2.75) is 37.2 Å². The van der Waals surface area contributed by atoms with Crippen molar-refractivity contribution in [1.29, 1.82) is 0 Å². The van der Waals surface area contributed by atoms with Crippen molar-refractivity contribution in [3.63, 3.8) is 0 Å². The van der Waals surface area contributed by atoms with Crippen LogP contribution in [0.25, 0.3) is 0 Å². The van der Waals surface area contributed by atoms with E-state index in [0.29, 0.717) is 41.5 Å². The summed E-state index contributed by atoms with van der Waals surface area (Å²) in [7, 11) is 0. The van der Waals surface area contributed by atoms with E-state index in [1.165, 1.54) is 0 Å². The fourth-order valence-electron chi connectivity index (χ4n) is 3.79. The number of ether oxygens (including phenoxy) is 2. The first kappa shape index (κ1) is 20.4. The Morgan fingerprint density at radius 2 is 1.69 bits per heavy atom. The highest BCUT2D eigenvalue weighted by Gasteiger charge is 2.35. The molecule has 4 rings (SSSR count). The molecule has 0 saturated carbocycles. The van der Waals surface area contributed by atoms with Crippen molar-refractivity contribution in [2.75, 3.05) is 19.7 Å². The number of carbonyl (C=O) groups is 2. The Bertz CT molecular complexity index is 829. The molecule has 1 aliphatic carbocycles. The van der Waals surface area contributed by atoms with E-state index >= 15 is 0 Å². The summed E-state index contributed by atoms with van der Waals surface area (Å²) in [4.78, 5) is 27.1. The van der Waals surface area contributed by atoms with Crippen LogP contribution in [0.3, 0.4) is 0 Å². The fraction of sp³-hybridized carbons (Fsp3) is 0.429. The third-order valence-corrected chi connectivity index (χ3v) is 6.03. The van der Waals surface area contributed by atoms with Gasteiger partial charge in [0.15, 0.2) is 6.10 Å². The predicted octanol–water partition coefficient (Wildman–Crippen LogP) is 2.99. The Balaban J connectivity index is 1.29. The molecule has 2 saturated heterocycles. The number of carbonyl (C=O) groups excluding carboxylic acids is 2. The average molecular weight is 437 g/mol. The molecule has 0 unspecified atom stereocenters. The highest BCUT2D eigenvalue weighted by molar-refractivity contribution is 6.39. The quantitative estimate of drug-likeness (QED) is 0.790. The summed E-state index contributed by atoms with van der Waals surface area (Å²) in [6.45, 7) is 1.27. The van der Waals surface area contributed by atoms with Crippen molar-refractivity contribution in [2.24, 2.45) is 0 Å². The van der Waals surface area contributed by atoms with E-state index in [4.69, 9.17) is 32.7 Å². The first-order chi connectivity index (χ1) is 14.0. The van der Waals surface area contributed by atoms with Crippen LogP contribution < -0.4 is 5.32 Å². The number of amides is 2. The predicted molar refractivity (Wildman–Crippen MR) is 110 cm³/mol. The normalized spacial score (nSPS) is 26.8. The lowest BCUT2D eigenvalue weighted by molar-refractivity contribution is -0.169. The molecule has 1 N–H and O–H groups in total. The molecule has 0 aromatic heterocycles. The minimum absolute atomic E-state index is 0.0172. The number of benzene rings is 1.